The van der Waals surface area contributed by atoms with Crippen molar-refractivity contribution in [2.75, 3.05) is 4.90 Å². The number of hydrogen-bond acceptors (Lipinski definition) is 1. The predicted octanol–water partition coefficient (Wildman–Crippen LogP) is 14.4. The van der Waals surface area contributed by atoms with Crippen LogP contribution in [-0.2, 0) is 0 Å². The summed E-state index contributed by atoms with van der Waals surface area (Å²) in [6, 6.07) is 78.9. The maximum Gasteiger partial charge on any atom is 0.0562 e. The summed E-state index contributed by atoms with van der Waals surface area (Å²) in [6.07, 6.45) is 0. The summed E-state index contributed by atoms with van der Waals surface area (Å²) in [5.74, 6) is 0. The Labute approximate surface area is 315 Å². The van der Waals surface area contributed by atoms with Crippen LogP contribution in [0, 0.1) is 0 Å². The molecule has 0 aliphatic heterocycles. The monoisotopic (exact) mass is 688 g/mol. The van der Waals surface area contributed by atoms with Crippen LogP contribution in [-0.4, -0.2) is 4.57 Å². The minimum absolute atomic E-state index is 1.09. The average molecular weight is 689 g/mol. The Morgan fingerprint density at radius 3 is 1.56 bits per heavy atom. The van der Waals surface area contributed by atoms with E-state index in [0.717, 1.165) is 28.3 Å². The summed E-state index contributed by atoms with van der Waals surface area (Å²) in [7, 11) is 0. The molecule has 1 aromatic heterocycles. The van der Waals surface area contributed by atoms with E-state index in [0.29, 0.717) is 0 Å². The molecule has 0 bridgehead atoms. The molecule has 0 amide bonds. The Morgan fingerprint density at radius 1 is 0.296 bits per heavy atom. The van der Waals surface area contributed by atoms with Gasteiger partial charge in [0.2, 0.25) is 0 Å². The molecule has 0 saturated heterocycles. The Balaban J connectivity index is 1.23. The topological polar surface area (TPSA) is 8.17 Å². The van der Waals surface area contributed by atoms with Crippen LogP contribution in [0.25, 0.3) is 71.6 Å². The molecule has 0 atom stereocenters. The van der Waals surface area contributed by atoms with Gasteiger partial charge in [0.15, 0.2) is 0 Å². The zero-order chi connectivity index (χ0) is 35.8. The van der Waals surface area contributed by atoms with Gasteiger partial charge in [-0.25, -0.2) is 0 Å². The smallest absolute Gasteiger partial charge is 0.0562 e. The summed E-state index contributed by atoms with van der Waals surface area (Å²) in [4.78, 5) is 2.41. The van der Waals surface area contributed by atoms with Crippen molar-refractivity contribution in [1.29, 1.82) is 0 Å². The zero-order valence-corrected chi connectivity index (χ0v) is 29.7. The van der Waals surface area contributed by atoms with Crippen molar-refractivity contribution in [3.8, 4) is 39.1 Å². The molecule has 0 aliphatic carbocycles. The molecule has 0 spiro atoms. The van der Waals surface area contributed by atoms with E-state index in [-0.39, 0.29) is 0 Å². The van der Waals surface area contributed by atoms with E-state index in [1.807, 2.05) is 0 Å². The molecule has 54 heavy (non-hydrogen) atoms. The lowest BCUT2D eigenvalue weighted by atomic mass is 9.96. The molecule has 10 aromatic rings. The van der Waals surface area contributed by atoms with Crippen LogP contribution in [0.4, 0.5) is 17.1 Å². The SMILES string of the molecule is c1ccc(-c2ccc(-n3c4ccccc4c4ccc(N(c5ccccc5)c5ccc(-c6ccccc6)c6ccccc56)cc43)c(-c3ccccc3)c2)cc1. The van der Waals surface area contributed by atoms with Crippen LogP contribution in [0.5, 0.6) is 0 Å². The van der Waals surface area contributed by atoms with Crippen LogP contribution < -0.4 is 4.90 Å². The first kappa shape index (κ1) is 31.6. The van der Waals surface area contributed by atoms with Crippen molar-refractivity contribution in [2.24, 2.45) is 0 Å². The fourth-order valence-electron chi connectivity index (χ4n) is 8.10. The molecule has 1 heterocycles. The third kappa shape index (κ3) is 5.44. The number of aromatic nitrogens is 1. The molecule has 2 nitrogen and oxygen atoms in total. The second kappa shape index (κ2) is 13.4. The second-order valence-corrected chi connectivity index (χ2v) is 13.7. The number of nitrogens with zero attached hydrogens (tertiary/aromatic N) is 2. The Kier molecular flexibility index (Phi) is 7.85. The van der Waals surface area contributed by atoms with E-state index >= 15 is 0 Å². The first-order valence-electron chi connectivity index (χ1n) is 18.5. The molecule has 0 N–H and O–H groups in total. The number of hydrogen-bond donors (Lipinski definition) is 0. The van der Waals surface area contributed by atoms with E-state index in [9.17, 15) is 0 Å². The van der Waals surface area contributed by atoms with Gasteiger partial charge >= 0.3 is 0 Å². The van der Waals surface area contributed by atoms with Crippen molar-refractivity contribution in [1.82, 2.24) is 4.57 Å². The van der Waals surface area contributed by atoms with Crippen molar-refractivity contribution in [3.63, 3.8) is 0 Å². The van der Waals surface area contributed by atoms with Crippen molar-refractivity contribution in [2.45, 2.75) is 0 Å². The van der Waals surface area contributed by atoms with E-state index < -0.39 is 0 Å². The molecule has 0 saturated carbocycles. The molecule has 254 valence electrons. The quantitative estimate of drug-likeness (QED) is 0.162. The van der Waals surface area contributed by atoms with Gasteiger partial charge in [0.25, 0.3) is 0 Å². The van der Waals surface area contributed by atoms with E-state index in [2.05, 4.69) is 228 Å². The number of benzene rings is 9. The minimum atomic E-state index is 1.09. The van der Waals surface area contributed by atoms with Crippen LogP contribution in [0.1, 0.15) is 0 Å². The van der Waals surface area contributed by atoms with Gasteiger partial charge < -0.3 is 9.47 Å². The molecule has 0 fully saturated rings. The van der Waals surface area contributed by atoms with Gasteiger partial charge in [0, 0.05) is 33.1 Å². The van der Waals surface area contributed by atoms with Gasteiger partial charge in [-0.05, 0) is 81.7 Å². The maximum atomic E-state index is 2.46. The Morgan fingerprint density at radius 2 is 0.852 bits per heavy atom. The van der Waals surface area contributed by atoms with Gasteiger partial charge in [-0.3, -0.25) is 0 Å². The van der Waals surface area contributed by atoms with Crippen molar-refractivity contribution >= 4 is 49.6 Å². The summed E-state index contributed by atoms with van der Waals surface area (Å²) in [5, 5.41) is 4.88. The highest BCUT2D eigenvalue weighted by Crippen LogP contribution is 2.44. The van der Waals surface area contributed by atoms with Gasteiger partial charge in [-0.15, -0.1) is 0 Å². The summed E-state index contributed by atoms with van der Waals surface area (Å²) in [5.41, 5.74) is 14.0. The lowest BCUT2D eigenvalue weighted by Crippen LogP contribution is -2.10. The Bertz CT molecular complexity index is 2910. The first-order valence-corrected chi connectivity index (χ1v) is 18.5. The zero-order valence-electron chi connectivity index (χ0n) is 29.7. The lowest BCUT2D eigenvalue weighted by Gasteiger charge is -2.28. The van der Waals surface area contributed by atoms with Gasteiger partial charge in [0.1, 0.15) is 0 Å². The van der Waals surface area contributed by atoms with Gasteiger partial charge in [-0.1, -0.05) is 170 Å². The highest BCUT2D eigenvalue weighted by Gasteiger charge is 2.21. The molecule has 10 rings (SSSR count). The lowest BCUT2D eigenvalue weighted by molar-refractivity contribution is 1.18. The number of fused-ring (bicyclic) bond motifs is 4. The summed E-state index contributed by atoms with van der Waals surface area (Å²) >= 11 is 0. The van der Waals surface area contributed by atoms with Gasteiger partial charge in [-0.2, -0.15) is 0 Å². The molecular weight excluding hydrogens is 653 g/mol. The standard InChI is InChI=1S/C52H36N2/c1-5-17-37(18-6-1)40-29-33-51(48(35-40)39-21-9-3-10-22-39)54-49-28-16-15-27-46(49)47-31-30-42(36-52(47)54)53(41-23-11-4-12-24-41)50-34-32-43(38-19-7-2-8-20-38)44-25-13-14-26-45(44)50/h1-36H. The predicted molar refractivity (Wildman–Crippen MR) is 229 cm³/mol. The second-order valence-electron chi connectivity index (χ2n) is 13.7. The van der Waals surface area contributed by atoms with Crippen molar-refractivity contribution < 1.29 is 0 Å². The fraction of sp³-hybridized carbons (Fsp3) is 0. The normalized spacial score (nSPS) is 11.3. The molecular formula is C52H36N2. The number of para-hydroxylation sites is 2. The summed E-state index contributed by atoms with van der Waals surface area (Å²) in [6.45, 7) is 0. The van der Waals surface area contributed by atoms with Gasteiger partial charge in [0.05, 0.1) is 22.4 Å². The van der Waals surface area contributed by atoms with E-state index in [4.69, 9.17) is 0 Å². The Hall–Kier alpha value is -7.16. The highest BCUT2D eigenvalue weighted by molar-refractivity contribution is 6.12. The van der Waals surface area contributed by atoms with E-state index in [1.54, 1.807) is 0 Å². The highest BCUT2D eigenvalue weighted by atomic mass is 15.1. The molecule has 2 heteroatoms. The maximum absolute atomic E-state index is 2.46. The third-order valence-electron chi connectivity index (χ3n) is 10.6. The summed E-state index contributed by atoms with van der Waals surface area (Å²) < 4.78 is 2.46. The van der Waals surface area contributed by atoms with Crippen molar-refractivity contribution in [3.05, 3.63) is 218 Å². The molecule has 0 radical (unpaired) electrons. The third-order valence-corrected chi connectivity index (χ3v) is 10.6. The minimum Gasteiger partial charge on any atom is -0.310 e. The molecule has 0 unspecified atom stereocenters. The van der Waals surface area contributed by atoms with Crippen LogP contribution in [0.15, 0.2) is 218 Å². The largest absolute Gasteiger partial charge is 0.310 e. The van der Waals surface area contributed by atoms with Crippen LogP contribution in [0.3, 0.4) is 0 Å². The molecule has 9 aromatic carbocycles. The first-order chi connectivity index (χ1) is 26.8. The van der Waals surface area contributed by atoms with E-state index in [1.165, 1.54) is 60.4 Å². The number of anilines is 3. The van der Waals surface area contributed by atoms with Crippen LogP contribution in [0.2, 0.25) is 0 Å². The van der Waals surface area contributed by atoms with Crippen LogP contribution >= 0.6 is 0 Å². The molecule has 0 aliphatic rings. The average Bonchev–Trinajstić information content (AvgIpc) is 3.58. The fourth-order valence-corrected chi connectivity index (χ4v) is 8.10. The number of rotatable bonds is 7.